The van der Waals surface area contributed by atoms with E-state index in [2.05, 4.69) is 25.8 Å². The predicted molar refractivity (Wildman–Crippen MR) is 81.2 cm³/mol. The first-order valence-corrected chi connectivity index (χ1v) is 7.64. The number of carboxylic acid groups (broad SMARTS) is 1. The molecule has 0 aromatic carbocycles. The van der Waals surface area contributed by atoms with Crippen LogP contribution in [0.1, 0.15) is 38.5 Å². The lowest BCUT2D eigenvalue weighted by molar-refractivity contribution is -0.142. The van der Waals surface area contributed by atoms with Crippen LogP contribution >= 0.6 is 16.1 Å². The lowest BCUT2D eigenvalue weighted by atomic mass is 10.1. The monoisotopic (exact) mass is 352 g/mol. The summed E-state index contributed by atoms with van der Waals surface area (Å²) in [5.41, 5.74) is 11.1. The van der Waals surface area contributed by atoms with E-state index in [9.17, 15) is 9.59 Å². The number of nitrogens with one attached hydrogen (secondary N) is 2. The van der Waals surface area contributed by atoms with Crippen LogP contribution < -0.4 is 21.1 Å². The second-order valence-electron chi connectivity index (χ2n) is 4.67. The van der Waals surface area contributed by atoms with Crippen molar-refractivity contribution in [1.29, 1.82) is 0 Å². The van der Waals surface area contributed by atoms with Crippen LogP contribution in [0, 0.1) is 0 Å². The Hall–Kier alpha value is -0.700. The van der Waals surface area contributed by atoms with Gasteiger partial charge >= 0.3 is 5.97 Å². The third-order valence-corrected chi connectivity index (χ3v) is 3.33. The summed E-state index contributed by atoms with van der Waals surface area (Å²) in [6, 6.07) is -1.55. The van der Waals surface area contributed by atoms with Gasteiger partial charge in [0.15, 0.2) is 0 Å². The fourth-order valence-corrected chi connectivity index (χ4v) is 2.00. The maximum absolute atomic E-state index is 11.8. The zero-order valence-corrected chi connectivity index (χ0v) is 13.2. The molecular weight excluding hydrogens is 328 g/mol. The Morgan fingerprint density at radius 2 is 1.80 bits per heavy atom. The summed E-state index contributed by atoms with van der Waals surface area (Å²) < 4.78 is 2.83. The minimum atomic E-state index is -1.04. The van der Waals surface area contributed by atoms with Gasteiger partial charge in [0.2, 0.25) is 5.91 Å². The second-order valence-corrected chi connectivity index (χ2v) is 5.23. The molecule has 7 N–H and O–H groups in total. The predicted octanol–water partition coefficient (Wildman–Crippen LogP) is 0.0819. The van der Waals surface area contributed by atoms with E-state index in [0.717, 1.165) is 25.8 Å². The van der Waals surface area contributed by atoms with Crippen LogP contribution in [0.4, 0.5) is 0 Å². The van der Waals surface area contributed by atoms with Gasteiger partial charge in [-0.25, -0.2) is 4.79 Å². The molecule has 0 radical (unpaired) electrons. The molecule has 0 saturated carbocycles. The molecule has 118 valence electrons. The van der Waals surface area contributed by atoms with Gasteiger partial charge in [-0.3, -0.25) is 9.14 Å². The summed E-state index contributed by atoms with van der Waals surface area (Å²) in [5, 5.41) is 11.5. The van der Waals surface area contributed by atoms with Gasteiger partial charge in [-0.05, 0) is 38.6 Å². The van der Waals surface area contributed by atoms with Crippen LogP contribution in [-0.2, 0) is 9.59 Å². The van der Waals surface area contributed by atoms with Crippen molar-refractivity contribution in [1.82, 2.24) is 9.66 Å². The Morgan fingerprint density at radius 1 is 1.15 bits per heavy atom. The number of unbranched alkanes of at least 4 members (excludes halogenated alkanes) is 2. The fourth-order valence-electron chi connectivity index (χ4n) is 1.72. The molecule has 0 bridgehead atoms. The standard InChI is InChI=1S/C12H25BrN4O3/c13-16-8-4-2-5-9(15)11(18)17-10(12(19)20)6-1-3-7-14/h9-10,16H,1-8,14-15H2,(H,17,18)(H,19,20)/t9-,10-/m0/s1. The van der Waals surface area contributed by atoms with E-state index in [4.69, 9.17) is 16.6 Å². The second kappa shape index (κ2) is 12.1. The Labute approximate surface area is 128 Å². The summed E-state index contributed by atoms with van der Waals surface area (Å²) in [6.45, 7) is 1.31. The third-order valence-electron chi connectivity index (χ3n) is 2.93. The molecule has 0 fully saturated rings. The van der Waals surface area contributed by atoms with Crippen molar-refractivity contribution in [3.8, 4) is 0 Å². The van der Waals surface area contributed by atoms with Gasteiger partial charge < -0.3 is 21.9 Å². The largest absolute Gasteiger partial charge is 0.480 e. The average molecular weight is 353 g/mol. The van der Waals surface area contributed by atoms with Crippen molar-refractivity contribution in [2.75, 3.05) is 13.1 Å². The van der Waals surface area contributed by atoms with E-state index in [1.54, 1.807) is 0 Å². The molecule has 0 spiro atoms. The van der Waals surface area contributed by atoms with Crippen molar-refractivity contribution in [2.24, 2.45) is 11.5 Å². The van der Waals surface area contributed by atoms with Crippen molar-refractivity contribution in [3.63, 3.8) is 0 Å². The van der Waals surface area contributed by atoms with E-state index in [0.29, 0.717) is 25.8 Å². The number of hydrogen-bond donors (Lipinski definition) is 5. The smallest absolute Gasteiger partial charge is 0.326 e. The third kappa shape index (κ3) is 9.24. The molecule has 0 aliphatic rings. The molecule has 0 heterocycles. The molecule has 0 aromatic rings. The molecule has 8 heteroatoms. The van der Waals surface area contributed by atoms with Crippen LogP contribution in [0.15, 0.2) is 0 Å². The summed E-state index contributed by atoms with van der Waals surface area (Å²) >= 11 is 3.09. The molecule has 7 nitrogen and oxygen atoms in total. The SMILES string of the molecule is NCCCC[C@H](NC(=O)[C@@H](N)CCCCNBr)C(=O)O. The summed E-state index contributed by atoms with van der Waals surface area (Å²) in [5.74, 6) is -1.44. The highest BCUT2D eigenvalue weighted by Crippen LogP contribution is 2.03. The van der Waals surface area contributed by atoms with Crippen LogP contribution in [0.2, 0.25) is 0 Å². The maximum atomic E-state index is 11.8. The Kier molecular flexibility index (Phi) is 11.6. The highest BCUT2D eigenvalue weighted by molar-refractivity contribution is 9.08. The van der Waals surface area contributed by atoms with Gasteiger partial charge in [0.25, 0.3) is 0 Å². The molecule has 0 aromatic heterocycles. The van der Waals surface area contributed by atoms with Crippen LogP contribution in [0.3, 0.4) is 0 Å². The van der Waals surface area contributed by atoms with E-state index in [1.807, 2.05) is 0 Å². The average Bonchev–Trinajstić information content (AvgIpc) is 2.42. The van der Waals surface area contributed by atoms with Gasteiger partial charge in [-0.1, -0.05) is 6.42 Å². The highest BCUT2D eigenvalue weighted by Gasteiger charge is 2.22. The van der Waals surface area contributed by atoms with Crippen molar-refractivity contribution < 1.29 is 14.7 Å². The van der Waals surface area contributed by atoms with Gasteiger partial charge in [-0.2, -0.15) is 0 Å². The molecule has 0 saturated heterocycles. The van der Waals surface area contributed by atoms with Crippen LogP contribution in [-0.4, -0.2) is 42.2 Å². The van der Waals surface area contributed by atoms with Crippen LogP contribution in [0.25, 0.3) is 0 Å². The zero-order chi connectivity index (χ0) is 15.4. The molecular formula is C12H25BrN4O3. The number of nitrogens with two attached hydrogens (primary N) is 2. The molecule has 0 aliphatic heterocycles. The minimum Gasteiger partial charge on any atom is -0.480 e. The van der Waals surface area contributed by atoms with Gasteiger partial charge in [0, 0.05) is 22.7 Å². The molecule has 1 amide bonds. The summed E-state index contributed by atoms with van der Waals surface area (Å²) in [6.07, 6.45) is 4.02. The zero-order valence-electron chi connectivity index (χ0n) is 11.6. The first kappa shape index (κ1) is 19.3. The van der Waals surface area contributed by atoms with E-state index in [-0.39, 0.29) is 0 Å². The van der Waals surface area contributed by atoms with Crippen molar-refractivity contribution >= 4 is 28.0 Å². The number of carboxylic acids is 1. The fraction of sp³-hybridized carbons (Fsp3) is 0.833. The lowest BCUT2D eigenvalue weighted by Crippen LogP contribution is -2.48. The summed E-state index contributed by atoms with van der Waals surface area (Å²) in [7, 11) is 0. The number of carbonyl (C=O) groups is 2. The van der Waals surface area contributed by atoms with Gasteiger partial charge in [0.05, 0.1) is 6.04 Å². The van der Waals surface area contributed by atoms with E-state index in [1.165, 1.54) is 0 Å². The molecule has 0 rings (SSSR count). The molecule has 0 unspecified atom stereocenters. The quantitative estimate of drug-likeness (QED) is 0.250. The number of amides is 1. The maximum Gasteiger partial charge on any atom is 0.326 e. The van der Waals surface area contributed by atoms with E-state index >= 15 is 0 Å². The number of halogens is 1. The number of rotatable bonds is 12. The molecule has 20 heavy (non-hydrogen) atoms. The van der Waals surface area contributed by atoms with Gasteiger partial charge in [-0.15, -0.1) is 0 Å². The molecule has 0 aliphatic carbocycles. The molecule has 2 atom stereocenters. The van der Waals surface area contributed by atoms with Crippen molar-refractivity contribution in [3.05, 3.63) is 0 Å². The highest BCUT2D eigenvalue weighted by atomic mass is 79.9. The van der Waals surface area contributed by atoms with Crippen LogP contribution in [0.5, 0.6) is 0 Å². The number of hydrogen-bond acceptors (Lipinski definition) is 5. The first-order valence-electron chi connectivity index (χ1n) is 6.85. The van der Waals surface area contributed by atoms with E-state index < -0.39 is 24.0 Å². The van der Waals surface area contributed by atoms with Crippen molar-refractivity contribution in [2.45, 2.75) is 50.6 Å². The topological polar surface area (TPSA) is 130 Å². The number of carbonyl (C=O) groups excluding carboxylic acids is 1. The normalized spacial score (nSPS) is 13.8. The first-order chi connectivity index (χ1) is 9.52. The Balaban J connectivity index is 4.06. The number of aliphatic carboxylic acids is 1. The lowest BCUT2D eigenvalue weighted by Gasteiger charge is -2.17. The minimum absolute atomic E-state index is 0.374. The Morgan fingerprint density at radius 3 is 2.35 bits per heavy atom. The Bertz CT molecular complexity index is 292. The van der Waals surface area contributed by atoms with Gasteiger partial charge in [0.1, 0.15) is 6.04 Å². The summed E-state index contributed by atoms with van der Waals surface area (Å²) in [4.78, 5) is 22.9.